The highest BCUT2D eigenvalue weighted by molar-refractivity contribution is 7.92. The fourth-order valence-electron chi connectivity index (χ4n) is 4.13. The topological polar surface area (TPSA) is 122 Å². The van der Waals surface area contributed by atoms with Crippen LogP contribution in [0, 0.1) is 0 Å². The number of hydrogen-bond acceptors (Lipinski definition) is 6. The van der Waals surface area contributed by atoms with Crippen LogP contribution in [-0.2, 0) is 30.6 Å². The average molecular weight is 564 g/mol. The van der Waals surface area contributed by atoms with Crippen LogP contribution in [0.5, 0.6) is 5.75 Å². The SMILES string of the molecule is O=C(Nc1ccc(S(=O)(=O)Nc2ccccc2)cc1)[C@@H]1CN(S(=O)(=O)Cc2ccccc2)c2ccccc2O1. The first-order chi connectivity index (χ1) is 18.7. The van der Waals surface area contributed by atoms with E-state index >= 15 is 0 Å². The second-order valence-electron chi connectivity index (χ2n) is 8.83. The molecule has 0 saturated carbocycles. The largest absolute Gasteiger partial charge is 0.476 e. The van der Waals surface area contributed by atoms with E-state index in [-0.39, 0.29) is 22.9 Å². The number of rotatable bonds is 8. The van der Waals surface area contributed by atoms with Gasteiger partial charge in [-0.15, -0.1) is 0 Å². The van der Waals surface area contributed by atoms with Crippen molar-refractivity contribution in [2.75, 3.05) is 20.9 Å². The van der Waals surface area contributed by atoms with Crippen molar-refractivity contribution >= 4 is 43.0 Å². The molecule has 4 aromatic carbocycles. The summed E-state index contributed by atoms with van der Waals surface area (Å²) in [5, 5.41) is 2.69. The quantitative estimate of drug-likeness (QED) is 0.331. The van der Waals surface area contributed by atoms with E-state index in [1.54, 1.807) is 78.9 Å². The van der Waals surface area contributed by atoms with Crippen LogP contribution in [0.4, 0.5) is 17.1 Å². The number of nitrogens with one attached hydrogen (secondary N) is 2. The van der Waals surface area contributed by atoms with Crippen LogP contribution in [-0.4, -0.2) is 35.4 Å². The normalized spacial score (nSPS) is 15.1. The summed E-state index contributed by atoms with van der Waals surface area (Å²) in [6, 6.07) is 29.6. The van der Waals surface area contributed by atoms with E-state index in [2.05, 4.69) is 10.0 Å². The molecule has 200 valence electrons. The molecule has 1 heterocycles. The third kappa shape index (κ3) is 6.05. The number of hydrogen-bond donors (Lipinski definition) is 2. The maximum atomic E-state index is 13.4. The van der Waals surface area contributed by atoms with Crippen LogP contribution >= 0.6 is 0 Å². The number of amides is 1. The van der Waals surface area contributed by atoms with Crippen LogP contribution in [0.25, 0.3) is 0 Å². The summed E-state index contributed by atoms with van der Waals surface area (Å²) in [5.41, 5.74) is 1.74. The number of para-hydroxylation sites is 3. The van der Waals surface area contributed by atoms with Crippen molar-refractivity contribution in [2.45, 2.75) is 16.8 Å². The van der Waals surface area contributed by atoms with Crippen molar-refractivity contribution in [1.29, 1.82) is 0 Å². The molecule has 1 aliphatic rings. The zero-order chi connectivity index (χ0) is 27.5. The van der Waals surface area contributed by atoms with Crippen LogP contribution < -0.4 is 19.1 Å². The number of anilines is 3. The molecule has 0 saturated heterocycles. The molecular weight excluding hydrogens is 538 g/mol. The highest BCUT2D eigenvalue weighted by atomic mass is 32.2. The van der Waals surface area contributed by atoms with E-state index in [4.69, 9.17) is 4.74 Å². The molecule has 9 nitrogen and oxygen atoms in total. The van der Waals surface area contributed by atoms with Gasteiger partial charge < -0.3 is 10.1 Å². The number of carbonyl (C=O) groups excluding carboxylic acids is 1. The molecule has 0 bridgehead atoms. The molecule has 11 heteroatoms. The van der Waals surface area contributed by atoms with E-state index in [0.29, 0.717) is 22.6 Å². The Labute approximate surface area is 227 Å². The van der Waals surface area contributed by atoms with Crippen molar-refractivity contribution in [3.8, 4) is 5.75 Å². The molecule has 1 aliphatic heterocycles. The monoisotopic (exact) mass is 563 g/mol. The molecule has 0 fully saturated rings. The van der Waals surface area contributed by atoms with Gasteiger partial charge in [0.05, 0.1) is 22.9 Å². The van der Waals surface area contributed by atoms with Crippen LogP contribution in [0.3, 0.4) is 0 Å². The smallest absolute Gasteiger partial charge is 0.267 e. The third-order valence-corrected chi connectivity index (χ3v) is 9.13. The Balaban J connectivity index is 1.32. The Morgan fingerprint density at radius 3 is 2.08 bits per heavy atom. The lowest BCUT2D eigenvalue weighted by molar-refractivity contribution is -0.122. The highest BCUT2D eigenvalue weighted by Crippen LogP contribution is 2.36. The standard InChI is InChI=1S/C28H25N3O6S2/c32-28(29-22-15-17-24(18-16-22)39(35,36)30-23-11-5-2-6-12-23)27-19-31(25-13-7-8-14-26(25)37-27)38(33,34)20-21-9-3-1-4-10-21/h1-18,27,30H,19-20H2,(H,29,32)/t27-/m0/s1. The molecule has 0 radical (unpaired) electrons. The molecule has 0 aromatic heterocycles. The van der Waals surface area contributed by atoms with Gasteiger partial charge in [0.25, 0.3) is 15.9 Å². The maximum Gasteiger partial charge on any atom is 0.267 e. The Hall–Kier alpha value is -4.35. The van der Waals surface area contributed by atoms with Crippen LogP contribution in [0.15, 0.2) is 114 Å². The zero-order valence-corrected chi connectivity index (χ0v) is 22.2. The molecule has 1 atom stereocenters. The Morgan fingerprint density at radius 2 is 1.38 bits per heavy atom. The summed E-state index contributed by atoms with van der Waals surface area (Å²) >= 11 is 0. The van der Waals surface area contributed by atoms with Gasteiger partial charge in [0.2, 0.25) is 10.0 Å². The van der Waals surface area contributed by atoms with Crippen LogP contribution in [0.2, 0.25) is 0 Å². The first kappa shape index (κ1) is 26.3. The second-order valence-corrected chi connectivity index (χ2v) is 12.4. The lowest BCUT2D eigenvalue weighted by atomic mass is 10.2. The summed E-state index contributed by atoms with van der Waals surface area (Å²) in [6.07, 6.45) is -1.13. The van der Waals surface area contributed by atoms with Gasteiger partial charge in [-0.25, -0.2) is 16.8 Å². The van der Waals surface area contributed by atoms with E-state index < -0.39 is 32.1 Å². The second kappa shape index (κ2) is 10.8. The summed E-state index contributed by atoms with van der Waals surface area (Å²) < 4.78 is 61.7. The molecule has 0 aliphatic carbocycles. The van der Waals surface area contributed by atoms with Gasteiger partial charge in [0.15, 0.2) is 6.10 Å². The van der Waals surface area contributed by atoms with Gasteiger partial charge in [-0.05, 0) is 54.1 Å². The van der Waals surface area contributed by atoms with Crippen LogP contribution in [0.1, 0.15) is 5.56 Å². The lowest BCUT2D eigenvalue weighted by Crippen LogP contribution is -2.49. The maximum absolute atomic E-state index is 13.4. The fourth-order valence-corrected chi connectivity index (χ4v) is 6.77. The van der Waals surface area contributed by atoms with E-state index in [0.717, 1.165) is 0 Å². The number of carbonyl (C=O) groups is 1. The predicted octanol–water partition coefficient (Wildman–Crippen LogP) is 4.22. The van der Waals surface area contributed by atoms with Crippen molar-refractivity contribution in [2.24, 2.45) is 0 Å². The van der Waals surface area contributed by atoms with E-state index in [1.807, 2.05) is 6.07 Å². The minimum atomic E-state index is -3.84. The average Bonchev–Trinajstić information content (AvgIpc) is 2.93. The molecule has 1 amide bonds. The van der Waals surface area contributed by atoms with Gasteiger partial charge in [-0.2, -0.15) is 0 Å². The summed E-state index contributed by atoms with van der Waals surface area (Å²) in [7, 11) is -7.66. The highest BCUT2D eigenvalue weighted by Gasteiger charge is 2.36. The van der Waals surface area contributed by atoms with Crippen molar-refractivity contribution in [3.05, 3.63) is 115 Å². The Bertz CT molecular complexity index is 1680. The Morgan fingerprint density at radius 1 is 0.769 bits per heavy atom. The first-order valence-corrected chi connectivity index (χ1v) is 15.1. The van der Waals surface area contributed by atoms with Gasteiger partial charge >= 0.3 is 0 Å². The third-order valence-electron chi connectivity index (χ3n) is 6.01. The number of fused-ring (bicyclic) bond motifs is 1. The van der Waals surface area contributed by atoms with Crippen molar-refractivity contribution in [1.82, 2.24) is 0 Å². The number of benzene rings is 4. The first-order valence-electron chi connectivity index (χ1n) is 12.0. The molecule has 2 N–H and O–H groups in total. The minimum Gasteiger partial charge on any atom is -0.476 e. The lowest BCUT2D eigenvalue weighted by Gasteiger charge is -2.34. The fraction of sp³-hybridized carbons (Fsp3) is 0.107. The summed E-state index contributed by atoms with van der Waals surface area (Å²) in [4.78, 5) is 13.2. The van der Waals surface area contributed by atoms with Crippen molar-refractivity contribution < 1.29 is 26.4 Å². The molecule has 5 rings (SSSR count). The van der Waals surface area contributed by atoms with Gasteiger partial charge in [0, 0.05) is 11.4 Å². The molecule has 39 heavy (non-hydrogen) atoms. The number of nitrogens with zero attached hydrogens (tertiary/aromatic N) is 1. The van der Waals surface area contributed by atoms with E-state index in [1.165, 1.54) is 28.6 Å². The molecule has 0 unspecified atom stereocenters. The molecular formula is C28H25N3O6S2. The van der Waals surface area contributed by atoms with Gasteiger partial charge in [-0.1, -0.05) is 60.7 Å². The number of ether oxygens (including phenoxy) is 1. The zero-order valence-electron chi connectivity index (χ0n) is 20.6. The number of sulfonamides is 2. The van der Waals surface area contributed by atoms with E-state index in [9.17, 15) is 21.6 Å². The molecule has 4 aromatic rings. The summed E-state index contributed by atoms with van der Waals surface area (Å²) in [5.74, 6) is -0.528. The molecule has 0 spiro atoms. The van der Waals surface area contributed by atoms with Gasteiger partial charge in [0.1, 0.15) is 5.75 Å². The Kier molecular flexibility index (Phi) is 7.27. The summed E-state index contributed by atoms with van der Waals surface area (Å²) in [6.45, 7) is -0.217. The van der Waals surface area contributed by atoms with Gasteiger partial charge in [-0.3, -0.25) is 13.8 Å². The van der Waals surface area contributed by atoms with Crippen molar-refractivity contribution in [3.63, 3.8) is 0 Å². The predicted molar refractivity (Wildman–Crippen MR) is 150 cm³/mol. The minimum absolute atomic E-state index is 0.0189.